The Hall–Kier alpha value is -3.26. The number of aliphatic hydroxyl groups excluding tert-OH is 1. The lowest BCUT2D eigenvalue weighted by atomic mass is 9.99. The van der Waals surface area contributed by atoms with Crippen LogP contribution in [0.15, 0.2) is 62.1 Å². The van der Waals surface area contributed by atoms with Gasteiger partial charge in [0.25, 0.3) is 5.56 Å². The molecule has 0 amide bonds. The molecular weight excluding hydrogens is 602 g/mol. The molecule has 3 heterocycles. The molecule has 208 valence electrons. The number of aromatic nitrogens is 5. The first kappa shape index (κ1) is 26.9. The fourth-order valence-corrected chi connectivity index (χ4v) is 6.27. The molecule has 0 bridgehead atoms. The number of halogens is 1. The highest BCUT2D eigenvalue weighted by Gasteiger charge is 2.36. The van der Waals surface area contributed by atoms with Crippen molar-refractivity contribution in [2.75, 3.05) is 12.4 Å². The van der Waals surface area contributed by atoms with E-state index in [4.69, 9.17) is 9.47 Å². The molecule has 2 aromatic carbocycles. The normalized spacial score (nSPS) is 20.7. The molecule has 2 aliphatic rings. The number of carbonyl (C=O) groups is 1. The molecule has 1 saturated heterocycles. The molecule has 1 aliphatic heterocycles. The standard InChI is InChI=1S/C27H26BrN5O6S/c1-14-11-32(26(37)29-24(14)36)22-10-20(34)21(39-22)12-38-23(35)13-40-27-31-30-25(28)33(27)19-9-8-16(15-6-7-15)17-4-2-3-5-18(17)19/h2-5,8-9,11,15,20-22,34H,6-7,10,12-13H2,1H3,(H,29,36,37)/t20-,21-,22-/m1/s1. The summed E-state index contributed by atoms with van der Waals surface area (Å²) in [5, 5.41) is 21.7. The van der Waals surface area contributed by atoms with Gasteiger partial charge in [-0.15, -0.1) is 10.2 Å². The Morgan fingerprint density at radius 2 is 1.98 bits per heavy atom. The highest BCUT2D eigenvalue weighted by molar-refractivity contribution is 9.10. The number of carbonyl (C=O) groups excluding carboxylic acids is 1. The SMILES string of the molecule is Cc1cn([C@H]2C[C@@H](O)[C@@H](COC(=O)CSc3nnc(Br)n3-c3ccc(C4CC4)c4ccccc34)O2)c(=O)[nH]c1=O. The van der Waals surface area contributed by atoms with E-state index in [-0.39, 0.29) is 18.8 Å². The molecule has 4 aromatic rings. The van der Waals surface area contributed by atoms with Gasteiger partial charge in [-0.2, -0.15) is 0 Å². The third kappa shape index (κ3) is 5.26. The van der Waals surface area contributed by atoms with Crippen LogP contribution in [0.4, 0.5) is 0 Å². The number of benzene rings is 2. The first-order chi connectivity index (χ1) is 19.3. The zero-order valence-corrected chi connectivity index (χ0v) is 23.9. The van der Waals surface area contributed by atoms with Crippen molar-refractivity contribution in [1.29, 1.82) is 0 Å². The quantitative estimate of drug-likeness (QED) is 0.222. The average Bonchev–Trinajstić information content (AvgIpc) is 3.63. The van der Waals surface area contributed by atoms with Gasteiger partial charge in [0.1, 0.15) is 18.9 Å². The maximum atomic E-state index is 12.6. The van der Waals surface area contributed by atoms with Gasteiger partial charge in [0.05, 0.1) is 17.5 Å². The third-order valence-corrected chi connectivity index (χ3v) is 8.59. The van der Waals surface area contributed by atoms with Crippen molar-refractivity contribution in [2.24, 2.45) is 0 Å². The van der Waals surface area contributed by atoms with Crippen molar-refractivity contribution in [3.63, 3.8) is 0 Å². The summed E-state index contributed by atoms with van der Waals surface area (Å²) in [5.41, 5.74) is 1.49. The Labute approximate surface area is 240 Å². The number of hydrogen-bond donors (Lipinski definition) is 2. The second-order valence-electron chi connectivity index (χ2n) is 9.96. The first-order valence-corrected chi connectivity index (χ1v) is 14.6. The van der Waals surface area contributed by atoms with Crippen LogP contribution in [0.5, 0.6) is 0 Å². The van der Waals surface area contributed by atoms with E-state index < -0.39 is 35.7 Å². The highest BCUT2D eigenvalue weighted by atomic mass is 79.9. The van der Waals surface area contributed by atoms with Crippen molar-refractivity contribution >= 4 is 44.4 Å². The maximum absolute atomic E-state index is 12.6. The minimum Gasteiger partial charge on any atom is -0.462 e. The minimum absolute atomic E-state index is 0.0337. The number of fused-ring (bicyclic) bond motifs is 1. The smallest absolute Gasteiger partial charge is 0.330 e. The largest absolute Gasteiger partial charge is 0.462 e. The molecule has 0 spiro atoms. The number of aliphatic hydroxyl groups is 1. The predicted molar refractivity (Wildman–Crippen MR) is 151 cm³/mol. The second kappa shape index (κ2) is 11.0. The number of rotatable bonds is 8. The molecule has 11 nitrogen and oxygen atoms in total. The number of thioether (sulfide) groups is 1. The van der Waals surface area contributed by atoms with Crippen LogP contribution in [-0.4, -0.2) is 60.0 Å². The van der Waals surface area contributed by atoms with Crippen LogP contribution in [0.3, 0.4) is 0 Å². The molecule has 3 atom stereocenters. The molecule has 2 fully saturated rings. The van der Waals surface area contributed by atoms with Gasteiger partial charge in [-0.05, 0) is 58.6 Å². The van der Waals surface area contributed by atoms with E-state index in [0.717, 1.165) is 11.1 Å². The number of esters is 1. The Kier molecular flexibility index (Phi) is 7.38. The van der Waals surface area contributed by atoms with Crippen molar-refractivity contribution in [3.05, 3.63) is 79.3 Å². The van der Waals surface area contributed by atoms with Crippen LogP contribution in [0, 0.1) is 6.92 Å². The van der Waals surface area contributed by atoms with Crippen LogP contribution in [-0.2, 0) is 14.3 Å². The lowest BCUT2D eigenvalue weighted by Gasteiger charge is -2.16. The van der Waals surface area contributed by atoms with E-state index in [1.807, 2.05) is 16.7 Å². The number of hydrogen-bond acceptors (Lipinski definition) is 9. The fraction of sp³-hybridized carbons (Fsp3) is 0.370. The molecule has 0 radical (unpaired) electrons. The number of nitrogens with zero attached hydrogens (tertiary/aromatic N) is 4. The number of nitrogens with one attached hydrogen (secondary N) is 1. The molecule has 1 saturated carbocycles. The van der Waals surface area contributed by atoms with Gasteiger partial charge < -0.3 is 14.6 Å². The Morgan fingerprint density at radius 3 is 2.75 bits per heavy atom. The van der Waals surface area contributed by atoms with E-state index in [0.29, 0.717) is 21.4 Å². The van der Waals surface area contributed by atoms with Gasteiger partial charge in [0.15, 0.2) is 5.16 Å². The zero-order valence-electron chi connectivity index (χ0n) is 21.4. The van der Waals surface area contributed by atoms with Crippen LogP contribution < -0.4 is 11.2 Å². The van der Waals surface area contributed by atoms with Crippen molar-refractivity contribution < 1.29 is 19.4 Å². The number of ether oxygens (including phenoxy) is 2. The number of H-pyrrole nitrogens is 1. The van der Waals surface area contributed by atoms with E-state index in [2.05, 4.69) is 55.4 Å². The topological polar surface area (TPSA) is 141 Å². The Morgan fingerprint density at radius 1 is 1.20 bits per heavy atom. The number of aromatic amines is 1. The molecule has 40 heavy (non-hydrogen) atoms. The molecular formula is C27H26BrN5O6S. The summed E-state index contributed by atoms with van der Waals surface area (Å²) in [6, 6.07) is 12.5. The van der Waals surface area contributed by atoms with Crippen molar-refractivity contribution in [3.8, 4) is 5.69 Å². The molecule has 6 rings (SSSR count). The van der Waals surface area contributed by atoms with Crippen LogP contribution in [0.2, 0.25) is 0 Å². The van der Waals surface area contributed by atoms with E-state index in [1.165, 1.54) is 46.3 Å². The van der Waals surface area contributed by atoms with E-state index in [1.54, 1.807) is 6.92 Å². The summed E-state index contributed by atoms with van der Waals surface area (Å²) in [4.78, 5) is 38.7. The van der Waals surface area contributed by atoms with Gasteiger partial charge in [0, 0.05) is 23.6 Å². The second-order valence-corrected chi connectivity index (χ2v) is 11.6. The fourth-order valence-electron chi connectivity index (χ4n) is 4.98. The van der Waals surface area contributed by atoms with E-state index >= 15 is 0 Å². The van der Waals surface area contributed by atoms with Crippen LogP contribution in [0.1, 0.15) is 42.5 Å². The lowest BCUT2D eigenvalue weighted by Crippen LogP contribution is -2.33. The summed E-state index contributed by atoms with van der Waals surface area (Å²) < 4.78 is 14.8. The maximum Gasteiger partial charge on any atom is 0.330 e. The molecule has 2 aromatic heterocycles. The van der Waals surface area contributed by atoms with Gasteiger partial charge in [0.2, 0.25) is 4.73 Å². The van der Waals surface area contributed by atoms with Crippen molar-refractivity contribution in [2.45, 2.75) is 55.7 Å². The summed E-state index contributed by atoms with van der Waals surface area (Å²) >= 11 is 4.69. The molecule has 1 aliphatic carbocycles. The van der Waals surface area contributed by atoms with Crippen LogP contribution >= 0.6 is 27.7 Å². The Bertz CT molecular complexity index is 1710. The highest BCUT2D eigenvalue weighted by Crippen LogP contribution is 2.44. The predicted octanol–water partition coefficient (Wildman–Crippen LogP) is 3.20. The summed E-state index contributed by atoms with van der Waals surface area (Å²) in [5.74, 6) is 0.0564. The van der Waals surface area contributed by atoms with Gasteiger partial charge in [-0.1, -0.05) is 42.1 Å². The lowest BCUT2D eigenvalue weighted by molar-refractivity contribution is -0.147. The molecule has 13 heteroatoms. The third-order valence-electron chi connectivity index (χ3n) is 7.17. The van der Waals surface area contributed by atoms with Gasteiger partial charge >= 0.3 is 11.7 Å². The summed E-state index contributed by atoms with van der Waals surface area (Å²) in [6.07, 6.45) is 1.37. The van der Waals surface area contributed by atoms with Crippen LogP contribution in [0.25, 0.3) is 16.5 Å². The van der Waals surface area contributed by atoms with E-state index in [9.17, 15) is 19.5 Å². The average molecular weight is 629 g/mol. The van der Waals surface area contributed by atoms with Crippen molar-refractivity contribution in [1.82, 2.24) is 24.3 Å². The Balaban J connectivity index is 1.11. The zero-order chi connectivity index (χ0) is 28.0. The molecule has 0 unspecified atom stereocenters. The summed E-state index contributed by atoms with van der Waals surface area (Å²) in [6.45, 7) is 1.39. The monoisotopic (exact) mass is 627 g/mol. The summed E-state index contributed by atoms with van der Waals surface area (Å²) in [7, 11) is 0. The van der Waals surface area contributed by atoms with Gasteiger partial charge in [-0.3, -0.25) is 23.7 Å². The van der Waals surface area contributed by atoms with Gasteiger partial charge in [-0.25, -0.2) is 4.79 Å². The first-order valence-electron chi connectivity index (χ1n) is 12.9. The number of aryl methyl sites for hydroxylation is 1. The molecule has 2 N–H and O–H groups in total. The minimum atomic E-state index is -0.949.